The molecule has 0 amide bonds. The number of ether oxygens (including phenoxy) is 1. The van der Waals surface area contributed by atoms with Gasteiger partial charge in [0.05, 0.1) is 0 Å². The summed E-state index contributed by atoms with van der Waals surface area (Å²) in [4.78, 5) is 0.396. The predicted octanol–water partition coefficient (Wildman–Crippen LogP) is 4.72. The van der Waals surface area contributed by atoms with Crippen molar-refractivity contribution in [3.8, 4) is 11.5 Å². The van der Waals surface area contributed by atoms with E-state index in [1.54, 1.807) is 0 Å². The van der Waals surface area contributed by atoms with E-state index in [2.05, 4.69) is 39.8 Å². The SMILES string of the molecule is Cc1cc(C(C)(C)C)ccc1Oc1ccc(C(N)=S)cc1. The lowest BCUT2D eigenvalue weighted by Crippen LogP contribution is -2.11. The second-order valence-corrected chi connectivity index (χ2v) is 6.66. The van der Waals surface area contributed by atoms with E-state index in [0.29, 0.717) is 4.99 Å². The Morgan fingerprint density at radius 2 is 1.67 bits per heavy atom. The van der Waals surface area contributed by atoms with E-state index in [9.17, 15) is 0 Å². The van der Waals surface area contributed by atoms with Crippen LogP contribution in [0.4, 0.5) is 0 Å². The molecule has 0 saturated heterocycles. The molecule has 110 valence electrons. The van der Waals surface area contributed by atoms with Gasteiger partial charge in [0.25, 0.3) is 0 Å². The topological polar surface area (TPSA) is 35.2 Å². The molecule has 0 radical (unpaired) electrons. The van der Waals surface area contributed by atoms with E-state index in [0.717, 1.165) is 22.6 Å². The fraction of sp³-hybridized carbons (Fsp3) is 0.278. The highest BCUT2D eigenvalue weighted by atomic mass is 32.1. The monoisotopic (exact) mass is 299 g/mol. The van der Waals surface area contributed by atoms with Crippen molar-refractivity contribution in [2.45, 2.75) is 33.1 Å². The summed E-state index contributed by atoms with van der Waals surface area (Å²) < 4.78 is 5.93. The van der Waals surface area contributed by atoms with Crippen LogP contribution in [0, 0.1) is 6.92 Å². The largest absolute Gasteiger partial charge is 0.457 e. The van der Waals surface area contributed by atoms with Crippen molar-refractivity contribution in [2.24, 2.45) is 5.73 Å². The first-order valence-electron chi connectivity index (χ1n) is 6.96. The quantitative estimate of drug-likeness (QED) is 0.833. The van der Waals surface area contributed by atoms with Crippen molar-refractivity contribution in [3.63, 3.8) is 0 Å². The average molecular weight is 299 g/mol. The Morgan fingerprint density at radius 1 is 1.05 bits per heavy atom. The number of rotatable bonds is 3. The minimum atomic E-state index is 0.141. The summed E-state index contributed by atoms with van der Waals surface area (Å²) in [7, 11) is 0. The van der Waals surface area contributed by atoms with Crippen molar-refractivity contribution in [2.75, 3.05) is 0 Å². The first-order chi connectivity index (χ1) is 9.77. The van der Waals surface area contributed by atoms with Gasteiger partial charge in [0.1, 0.15) is 16.5 Å². The maximum atomic E-state index is 5.93. The van der Waals surface area contributed by atoms with Crippen LogP contribution in [0.5, 0.6) is 11.5 Å². The van der Waals surface area contributed by atoms with Crippen LogP contribution in [0.25, 0.3) is 0 Å². The van der Waals surface area contributed by atoms with Crippen LogP contribution in [0.15, 0.2) is 42.5 Å². The molecule has 2 nitrogen and oxygen atoms in total. The minimum Gasteiger partial charge on any atom is -0.457 e. The zero-order chi connectivity index (χ0) is 15.6. The molecule has 0 spiro atoms. The zero-order valence-electron chi connectivity index (χ0n) is 12.9. The Balaban J connectivity index is 2.22. The van der Waals surface area contributed by atoms with E-state index < -0.39 is 0 Å². The van der Waals surface area contributed by atoms with Gasteiger partial charge in [-0.25, -0.2) is 0 Å². The molecule has 0 aliphatic carbocycles. The molecule has 0 bridgehead atoms. The fourth-order valence-corrected chi connectivity index (χ4v) is 2.18. The summed E-state index contributed by atoms with van der Waals surface area (Å²) in [5, 5.41) is 0. The Hall–Kier alpha value is -1.87. The molecule has 3 heteroatoms. The molecule has 0 aliphatic rings. The Bertz CT molecular complexity index is 654. The molecular weight excluding hydrogens is 278 g/mol. The maximum absolute atomic E-state index is 5.93. The lowest BCUT2D eigenvalue weighted by Gasteiger charge is -2.20. The molecule has 0 fully saturated rings. The molecule has 2 aromatic rings. The summed E-state index contributed by atoms with van der Waals surface area (Å²) in [6.45, 7) is 8.68. The van der Waals surface area contributed by atoms with Crippen LogP contribution in [-0.4, -0.2) is 4.99 Å². The van der Waals surface area contributed by atoms with Crippen molar-refractivity contribution in [1.29, 1.82) is 0 Å². The molecule has 0 aliphatic heterocycles. The fourth-order valence-electron chi connectivity index (χ4n) is 2.04. The summed E-state index contributed by atoms with van der Waals surface area (Å²) in [6.07, 6.45) is 0. The molecule has 0 unspecified atom stereocenters. The van der Waals surface area contributed by atoms with E-state index in [1.165, 1.54) is 5.56 Å². The van der Waals surface area contributed by atoms with Gasteiger partial charge in [-0.1, -0.05) is 45.1 Å². The van der Waals surface area contributed by atoms with Gasteiger partial charge in [-0.3, -0.25) is 0 Å². The number of aryl methyl sites for hydroxylation is 1. The molecule has 0 atom stereocenters. The van der Waals surface area contributed by atoms with Crippen LogP contribution in [0.1, 0.15) is 37.5 Å². The first kappa shape index (κ1) is 15.5. The normalized spacial score (nSPS) is 11.2. The van der Waals surface area contributed by atoms with E-state index in [-0.39, 0.29) is 5.41 Å². The number of nitrogens with two attached hydrogens (primary N) is 1. The second-order valence-electron chi connectivity index (χ2n) is 6.22. The third-order valence-electron chi connectivity index (χ3n) is 3.41. The van der Waals surface area contributed by atoms with Gasteiger partial charge in [-0.05, 0) is 53.8 Å². The number of benzene rings is 2. The van der Waals surface area contributed by atoms with Crippen LogP contribution in [0.2, 0.25) is 0 Å². The first-order valence-corrected chi connectivity index (χ1v) is 7.37. The van der Waals surface area contributed by atoms with Crippen LogP contribution in [-0.2, 0) is 5.41 Å². The lowest BCUT2D eigenvalue weighted by molar-refractivity contribution is 0.477. The highest BCUT2D eigenvalue weighted by Crippen LogP contribution is 2.30. The van der Waals surface area contributed by atoms with Crippen molar-refractivity contribution in [1.82, 2.24) is 0 Å². The number of hydrogen-bond donors (Lipinski definition) is 1. The number of thiocarbonyl (C=S) groups is 1. The zero-order valence-corrected chi connectivity index (χ0v) is 13.8. The van der Waals surface area contributed by atoms with Gasteiger partial charge in [0.15, 0.2) is 0 Å². The predicted molar refractivity (Wildman–Crippen MR) is 92.3 cm³/mol. The van der Waals surface area contributed by atoms with Crippen molar-refractivity contribution >= 4 is 17.2 Å². The van der Waals surface area contributed by atoms with Gasteiger partial charge in [0, 0.05) is 5.56 Å². The standard InChI is InChI=1S/C18H21NOS/c1-12-11-14(18(2,3)4)7-10-16(12)20-15-8-5-13(6-9-15)17(19)21/h5-11H,1-4H3,(H2,19,21). The molecule has 0 saturated carbocycles. The second kappa shape index (κ2) is 5.86. The Morgan fingerprint density at radius 3 is 2.14 bits per heavy atom. The highest BCUT2D eigenvalue weighted by Gasteiger charge is 2.14. The summed E-state index contributed by atoms with van der Waals surface area (Å²) in [5.74, 6) is 1.65. The third kappa shape index (κ3) is 3.82. The summed E-state index contributed by atoms with van der Waals surface area (Å²) in [6, 6.07) is 13.8. The van der Waals surface area contributed by atoms with E-state index in [1.807, 2.05) is 30.3 Å². The van der Waals surface area contributed by atoms with Gasteiger partial charge >= 0.3 is 0 Å². The molecule has 2 aromatic carbocycles. The van der Waals surface area contributed by atoms with Crippen molar-refractivity contribution in [3.05, 3.63) is 59.2 Å². The molecule has 0 aromatic heterocycles. The Labute approximate surface area is 131 Å². The average Bonchev–Trinajstić information content (AvgIpc) is 2.40. The molecule has 2 N–H and O–H groups in total. The molecular formula is C18H21NOS. The van der Waals surface area contributed by atoms with Gasteiger partial charge < -0.3 is 10.5 Å². The maximum Gasteiger partial charge on any atom is 0.130 e. The molecule has 21 heavy (non-hydrogen) atoms. The van der Waals surface area contributed by atoms with E-state index >= 15 is 0 Å². The van der Waals surface area contributed by atoms with Crippen LogP contribution < -0.4 is 10.5 Å². The number of hydrogen-bond acceptors (Lipinski definition) is 2. The summed E-state index contributed by atoms with van der Waals surface area (Å²) in [5.41, 5.74) is 9.00. The van der Waals surface area contributed by atoms with Gasteiger partial charge in [-0.15, -0.1) is 0 Å². The Kier molecular flexibility index (Phi) is 4.33. The lowest BCUT2D eigenvalue weighted by atomic mass is 9.86. The van der Waals surface area contributed by atoms with Crippen molar-refractivity contribution < 1.29 is 4.74 Å². The van der Waals surface area contributed by atoms with Crippen LogP contribution >= 0.6 is 12.2 Å². The third-order valence-corrected chi connectivity index (χ3v) is 3.64. The van der Waals surface area contributed by atoms with Crippen LogP contribution in [0.3, 0.4) is 0 Å². The summed E-state index contributed by atoms with van der Waals surface area (Å²) >= 11 is 4.94. The van der Waals surface area contributed by atoms with Gasteiger partial charge in [0.2, 0.25) is 0 Å². The molecule has 0 heterocycles. The molecule has 2 rings (SSSR count). The highest BCUT2D eigenvalue weighted by molar-refractivity contribution is 7.80. The van der Waals surface area contributed by atoms with E-state index in [4.69, 9.17) is 22.7 Å². The smallest absolute Gasteiger partial charge is 0.130 e. The minimum absolute atomic E-state index is 0.141. The van der Waals surface area contributed by atoms with Gasteiger partial charge in [-0.2, -0.15) is 0 Å².